The van der Waals surface area contributed by atoms with E-state index in [0.717, 1.165) is 23.3 Å². The van der Waals surface area contributed by atoms with Crippen molar-refractivity contribution in [2.24, 2.45) is 0 Å². The number of methoxy groups -OCH3 is 1. The van der Waals surface area contributed by atoms with Crippen LogP contribution in [0.15, 0.2) is 54.6 Å². The van der Waals surface area contributed by atoms with Crippen LogP contribution in [0.4, 0.5) is 4.79 Å². The molecule has 0 aliphatic heterocycles. The maximum atomic E-state index is 11.7. The molecule has 5 nitrogen and oxygen atoms in total. The Labute approximate surface area is 142 Å². The summed E-state index contributed by atoms with van der Waals surface area (Å²) in [7, 11) is 1.63. The van der Waals surface area contributed by atoms with Crippen molar-refractivity contribution in [3.05, 3.63) is 65.7 Å². The molecule has 2 aromatic rings. The summed E-state index contributed by atoms with van der Waals surface area (Å²) in [4.78, 5) is 11.7. The molecule has 2 aromatic carbocycles. The Balaban J connectivity index is 1.62. The Morgan fingerprint density at radius 3 is 2.42 bits per heavy atom. The molecule has 0 spiro atoms. The predicted octanol–water partition coefficient (Wildman–Crippen LogP) is 2.14. The Bertz CT molecular complexity index is 614. The number of benzene rings is 2. The minimum absolute atomic E-state index is 0.225. The van der Waals surface area contributed by atoms with E-state index in [1.165, 1.54) is 0 Å². The summed E-state index contributed by atoms with van der Waals surface area (Å²) in [6.07, 6.45) is 0.663. The third-order valence-corrected chi connectivity index (χ3v) is 3.67. The van der Waals surface area contributed by atoms with Gasteiger partial charge in [-0.3, -0.25) is 0 Å². The molecule has 2 rings (SSSR count). The summed E-state index contributed by atoms with van der Waals surface area (Å²) in [6, 6.07) is 17.2. The van der Waals surface area contributed by atoms with Gasteiger partial charge in [0, 0.05) is 19.5 Å². The molecule has 0 radical (unpaired) electrons. The van der Waals surface area contributed by atoms with E-state index in [4.69, 9.17) is 4.74 Å². The summed E-state index contributed by atoms with van der Waals surface area (Å²) in [5, 5.41) is 15.4. The zero-order valence-electron chi connectivity index (χ0n) is 13.9. The van der Waals surface area contributed by atoms with Crippen LogP contribution < -0.4 is 15.4 Å². The number of hydrogen-bond acceptors (Lipinski definition) is 3. The third-order valence-electron chi connectivity index (χ3n) is 3.67. The highest BCUT2D eigenvalue weighted by atomic mass is 16.5. The lowest BCUT2D eigenvalue weighted by atomic mass is 10.1. The molecular weight excluding hydrogens is 304 g/mol. The maximum Gasteiger partial charge on any atom is 0.314 e. The van der Waals surface area contributed by atoms with Gasteiger partial charge in [0.05, 0.1) is 13.2 Å². The second-order valence-electron chi connectivity index (χ2n) is 5.58. The zero-order valence-corrected chi connectivity index (χ0v) is 13.9. The molecule has 0 saturated carbocycles. The maximum absolute atomic E-state index is 11.7. The van der Waals surface area contributed by atoms with Gasteiger partial charge in [0.25, 0.3) is 0 Å². The fraction of sp³-hybridized carbons (Fsp3) is 0.316. The molecule has 5 heteroatoms. The van der Waals surface area contributed by atoms with Crippen LogP contribution in [0.5, 0.6) is 5.75 Å². The first-order chi connectivity index (χ1) is 11.7. The largest absolute Gasteiger partial charge is 0.497 e. The van der Waals surface area contributed by atoms with Crippen molar-refractivity contribution < 1.29 is 14.6 Å². The topological polar surface area (TPSA) is 70.6 Å². The van der Waals surface area contributed by atoms with E-state index >= 15 is 0 Å². The lowest BCUT2D eigenvalue weighted by Gasteiger charge is -2.13. The van der Waals surface area contributed by atoms with Crippen LogP contribution in [-0.2, 0) is 12.8 Å². The standard InChI is InChI=1S/C19H24N2O3/c1-24-18-9-7-15(8-10-18)11-12-20-19(23)21-14-17(22)13-16-5-3-2-4-6-16/h2-10,17,22H,11-14H2,1H3,(H2,20,21,23)/t17-/m1/s1. The number of ether oxygens (including phenoxy) is 1. The molecule has 0 heterocycles. The normalized spacial score (nSPS) is 11.6. The van der Waals surface area contributed by atoms with Gasteiger partial charge >= 0.3 is 6.03 Å². The highest BCUT2D eigenvalue weighted by Gasteiger charge is 2.07. The van der Waals surface area contributed by atoms with Gasteiger partial charge in [-0.25, -0.2) is 4.79 Å². The van der Waals surface area contributed by atoms with Crippen LogP contribution in [0.2, 0.25) is 0 Å². The first-order valence-electron chi connectivity index (χ1n) is 8.04. The number of carbonyl (C=O) groups is 1. The average Bonchev–Trinajstić information content (AvgIpc) is 2.61. The van der Waals surface area contributed by atoms with E-state index in [0.29, 0.717) is 13.0 Å². The fourth-order valence-electron chi connectivity index (χ4n) is 2.34. The van der Waals surface area contributed by atoms with E-state index < -0.39 is 6.10 Å². The van der Waals surface area contributed by atoms with Gasteiger partial charge in [0.15, 0.2) is 0 Å². The second-order valence-corrected chi connectivity index (χ2v) is 5.58. The Hall–Kier alpha value is -2.53. The number of nitrogens with one attached hydrogen (secondary N) is 2. The highest BCUT2D eigenvalue weighted by Crippen LogP contribution is 2.11. The molecule has 1 atom stereocenters. The van der Waals surface area contributed by atoms with Crippen LogP contribution in [-0.4, -0.2) is 37.4 Å². The second kappa shape index (κ2) is 9.57. The van der Waals surface area contributed by atoms with E-state index in [2.05, 4.69) is 10.6 Å². The van der Waals surface area contributed by atoms with Gasteiger partial charge < -0.3 is 20.5 Å². The van der Waals surface area contributed by atoms with Crippen LogP contribution in [0.1, 0.15) is 11.1 Å². The molecule has 128 valence electrons. The average molecular weight is 328 g/mol. The van der Waals surface area contributed by atoms with E-state index in [9.17, 15) is 9.90 Å². The molecule has 0 aliphatic rings. The number of rotatable bonds is 8. The zero-order chi connectivity index (χ0) is 17.2. The molecule has 0 aromatic heterocycles. The van der Waals surface area contributed by atoms with Crippen molar-refractivity contribution in [2.75, 3.05) is 20.2 Å². The molecule has 0 saturated heterocycles. The minimum Gasteiger partial charge on any atom is -0.497 e. The molecule has 2 amide bonds. The molecule has 0 aliphatic carbocycles. The summed E-state index contributed by atoms with van der Waals surface area (Å²) in [5.74, 6) is 0.817. The van der Waals surface area contributed by atoms with Crippen molar-refractivity contribution >= 4 is 6.03 Å². The number of aliphatic hydroxyl groups is 1. The van der Waals surface area contributed by atoms with Gasteiger partial charge in [-0.1, -0.05) is 42.5 Å². The van der Waals surface area contributed by atoms with Crippen molar-refractivity contribution in [3.63, 3.8) is 0 Å². The van der Waals surface area contributed by atoms with Crippen LogP contribution >= 0.6 is 0 Å². The number of hydrogen-bond donors (Lipinski definition) is 3. The van der Waals surface area contributed by atoms with Gasteiger partial charge in [-0.05, 0) is 29.7 Å². The first-order valence-corrected chi connectivity index (χ1v) is 8.04. The summed E-state index contributed by atoms with van der Waals surface area (Å²) in [5.41, 5.74) is 2.17. The molecular formula is C19H24N2O3. The van der Waals surface area contributed by atoms with E-state index in [-0.39, 0.29) is 12.6 Å². The van der Waals surface area contributed by atoms with Gasteiger partial charge in [-0.15, -0.1) is 0 Å². The van der Waals surface area contributed by atoms with Crippen LogP contribution in [0.25, 0.3) is 0 Å². The van der Waals surface area contributed by atoms with E-state index in [1.807, 2.05) is 54.6 Å². The first kappa shape index (κ1) is 17.8. The van der Waals surface area contributed by atoms with Crippen LogP contribution in [0, 0.1) is 0 Å². The summed E-state index contributed by atoms with van der Waals surface area (Å²) >= 11 is 0. The number of carbonyl (C=O) groups excluding carboxylic acids is 1. The molecule has 3 N–H and O–H groups in total. The van der Waals surface area contributed by atoms with Crippen molar-refractivity contribution in [1.29, 1.82) is 0 Å². The van der Waals surface area contributed by atoms with Crippen molar-refractivity contribution in [1.82, 2.24) is 10.6 Å². The predicted molar refractivity (Wildman–Crippen MR) is 94.3 cm³/mol. The number of aliphatic hydroxyl groups excluding tert-OH is 1. The van der Waals surface area contributed by atoms with Crippen LogP contribution in [0.3, 0.4) is 0 Å². The molecule has 0 bridgehead atoms. The summed E-state index contributed by atoms with van der Waals surface area (Å²) in [6.45, 7) is 0.760. The van der Waals surface area contributed by atoms with Gasteiger partial charge in [-0.2, -0.15) is 0 Å². The Kier molecular flexibility index (Phi) is 7.11. The van der Waals surface area contributed by atoms with Gasteiger partial charge in [0.1, 0.15) is 5.75 Å². The highest BCUT2D eigenvalue weighted by molar-refractivity contribution is 5.73. The van der Waals surface area contributed by atoms with Gasteiger partial charge in [0.2, 0.25) is 0 Å². The fourth-order valence-corrected chi connectivity index (χ4v) is 2.34. The lowest BCUT2D eigenvalue weighted by molar-refractivity contribution is 0.170. The lowest BCUT2D eigenvalue weighted by Crippen LogP contribution is -2.41. The summed E-state index contributed by atoms with van der Waals surface area (Å²) < 4.78 is 5.11. The number of urea groups is 1. The molecule has 0 unspecified atom stereocenters. The monoisotopic (exact) mass is 328 g/mol. The van der Waals surface area contributed by atoms with Crippen molar-refractivity contribution in [2.45, 2.75) is 18.9 Å². The minimum atomic E-state index is -0.597. The Morgan fingerprint density at radius 1 is 1.04 bits per heavy atom. The molecule has 0 fully saturated rings. The number of amides is 2. The smallest absolute Gasteiger partial charge is 0.314 e. The third kappa shape index (κ3) is 6.30. The van der Waals surface area contributed by atoms with Crippen molar-refractivity contribution in [3.8, 4) is 5.75 Å². The quantitative estimate of drug-likeness (QED) is 0.695. The Morgan fingerprint density at radius 2 is 1.75 bits per heavy atom. The SMILES string of the molecule is COc1ccc(CCNC(=O)NC[C@H](O)Cc2ccccc2)cc1. The molecule has 24 heavy (non-hydrogen) atoms. The van der Waals surface area contributed by atoms with E-state index in [1.54, 1.807) is 7.11 Å².